The second kappa shape index (κ2) is 6.24. The molecule has 0 bridgehead atoms. The zero-order valence-corrected chi connectivity index (χ0v) is 14.7. The summed E-state index contributed by atoms with van der Waals surface area (Å²) in [5.74, 6) is -1.48. The second-order valence-corrected chi connectivity index (χ2v) is 7.24. The summed E-state index contributed by atoms with van der Waals surface area (Å²) < 4.78 is 32.2. The predicted octanol–water partition coefficient (Wildman–Crippen LogP) is 3.93. The van der Waals surface area contributed by atoms with Gasteiger partial charge < -0.3 is 5.41 Å². The lowest BCUT2D eigenvalue weighted by atomic mass is 9.93. The van der Waals surface area contributed by atoms with Gasteiger partial charge in [0.15, 0.2) is 5.82 Å². The Kier molecular flexibility index (Phi) is 4.39. The van der Waals surface area contributed by atoms with Crippen LogP contribution in [-0.4, -0.2) is 21.5 Å². The van der Waals surface area contributed by atoms with Gasteiger partial charge >= 0.3 is 5.69 Å². The Morgan fingerprint density at radius 1 is 1.40 bits per heavy atom. The lowest BCUT2D eigenvalue weighted by Gasteiger charge is -2.16. The molecule has 1 aliphatic carbocycles. The summed E-state index contributed by atoms with van der Waals surface area (Å²) in [5.41, 5.74) is 0.729. The topological polar surface area (TPSA) is 50.8 Å². The normalized spacial score (nSPS) is 18.6. The number of fused-ring (bicyclic) bond motifs is 1. The monoisotopic (exact) mass is 347 g/mol. The third-order valence-electron chi connectivity index (χ3n) is 5.17. The molecule has 1 saturated carbocycles. The van der Waals surface area contributed by atoms with Crippen LogP contribution in [0.3, 0.4) is 0 Å². The Morgan fingerprint density at radius 2 is 2.08 bits per heavy atom. The summed E-state index contributed by atoms with van der Waals surface area (Å²) in [6.45, 7) is 4.40. The fraction of sp³-hybridized carbons (Fsp3) is 0.474. The molecule has 3 rings (SSSR count). The van der Waals surface area contributed by atoms with Gasteiger partial charge in [0, 0.05) is 31.3 Å². The minimum absolute atomic E-state index is 0.102. The molecule has 1 fully saturated rings. The molecule has 2 atom stereocenters. The molecule has 25 heavy (non-hydrogen) atoms. The fourth-order valence-electron chi connectivity index (χ4n) is 3.34. The molecule has 0 radical (unpaired) electrons. The fourth-order valence-corrected chi connectivity index (χ4v) is 3.34. The highest BCUT2D eigenvalue weighted by molar-refractivity contribution is 5.78. The Labute approximate surface area is 145 Å². The maximum absolute atomic E-state index is 15.2. The van der Waals surface area contributed by atoms with E-state index in [-0.39, 0.29) is 22.2 Å². The third kappa shape index (κ3) is 2.94. The molecule has 0 amide bonds. The van der Waals surface area contributed by atoms with E-state index in [0.717, 1.165) is 12.8 Å². The maximum atomic E-state index is 15.2. The van der Waals surface area contributed by atoms with Crippen molar-refractivity contribution in [2.24, 2.45) is 12.5 Å². The minimum atomic E-state index is -1.62. The number of nitrogens with zero attached hydrogens (tertiary/aromatic N) is 2. The van der Waals surface area contributed by atoms with Crippen LogP contribution in [0.1, 0.15) is 38.2 Å². The molecule has 0 saturated heterocycles. The zero-order valence-electron chi connectivity index (χ0n) is 14.7. The number of benzene rings is 1. The number of aryl methyl sites for hydroxylation is 1. The van der Waals surface area contributed by atoms with Gasteiger partial charge in [-0.25, -0.2) is 13.6 Å². The van der Waals surface area contributed by atoms with E-state index >= 15 is 4.39 Å². The van der Waals surface area contributed by atoms with Gasteiger partial charge in [-0.2, -0.15) is 0 Å². The van der Waals surface area contributed by atoms with E-state index in [1.165, 1.54) is 17.7 Å². The highest BCUT2D eigenvalue weighted by Crippen LogP contribution is 2.46. The van der Waals surface area contributed by atoms with Gasteiger partial charge in [0.05, 0.1) is 5.52 Å². The zero-order chi connectivity index (χ0) is 18.4. The van der Waals surface area contributed by atoms with Crippen molar-refractivity contribution >= 4 is 17.2 Å². The van der Waals surface area contributed by atoms with Crippen molar-refractivity contribution in [3.05, 3.63) is 46.1 Å². The molecule has 134 valence electrons. The summed E-state index contributed by atoms with van der Waals surface area (Å²) in [6, 6.07) is 3.22. The van der Waals surface area contributed by atoms with E-state index < -0.39 is 17.9 Å². The molecule has 6 heteroatoms. The number of alkyl halides is 1. The van der Waals surface area contributed by atoms with E-state index in [2.05, 4.69) is 6.92 Å². The number of nitrogens with one attached hydrogen (secondary N) is 1. The molecular formula is C19H23F2N3O. The van der Waals surface area contributed by atoms with Gasteiger partial charge in [0.2, 0.25) is 0 Å². The largest absolute Gasteiger partial charge is 0.328 e. The third-order valence-corrected chi connectivity index (χ3v) is 5.17. The van der Waals surface area contributed by atoms with Crippen LogP contribution in [0.25, 0.3) is 11.0 Å². The van der Waals surface area contributed by atoms with Crippen LogP contribution in [-0.2, 0) is 13.6 Å². The Morgan fingerprint density at radius 3 is 2.64 bits per heavy atom. The molecule has 2 unspecified atom stereocenters. The summed E-state index contributed by atoms with van der Waals surface area (Å²) >= 11 is 0. The average molecular weight is 347 g/mol. The minimum Gasteiger partial charge on any atom is -0.310 e. The lowest BCUT2D eigenvalue weighted by molar-refractivity contribution is 0.393. The van der Waals surface area contributed by atoms with Crippen molar-refractivity contribution in [1.29, 1.82) is 5.41 Å². The highest BCUT2D eigenvalue weighted by Gasteiger charge is 2.38. The number of allylic oxidation sites excluding steroid dienone is 2. The number of rotatable bonds is 6. The van der Waals surface area contributed by atoms with Crippen molar-refractivity contribution < 1.29 is 8.78 Å². The van der Waals surface area contributed by atoms with Crippen molar-refractivity contribution in [3.63, 3.8) is 0 Å². The van der Waals surface area contributed by atoms with Gasteiger partial charge in [0.1, 0.15) is 11.7 Å². The number of halogens is 2. The standard InChI is InChI=1S/C19H23F2N3O/c1-4-5-12(14(20)10-22)13-6-7-15-17(16(13)21)23(3)18(25)24(15)11-19(2)8-9-19/h4-7,10,12,14,22H,8-9,11H2,1-3H3. The van der Waals surface area contributed by atoms with Crippen LogP contribution in [0, 0.1) is 16.6 Å². The Balaban J connectivity index is 2.19. The summed E-state index contributed by atoms with van der Waals surface area (Å²) in [5, 5.41) is 7.17. The molecule has 1 N–H and O–H groups in total. The van der Waals surface area contributed by atoms with Crippen LogP contribution in [0.5, 0.6) is 0 Å². The molecule has 1 aromatic carbocycles. The van der Waals surface area contributed by atoms with Gasteiger partial charge in [-0.3, -0.25) is 9.13 Å². The van der Waals surface area contributed by atoms with Crippen molar-refractivity contribution in [2.75, 3.05) is 0 Å². The van der Waals surface area contributed by atoms with Crippen molar-refractivity contribution in [3.8, 4) is 0 Å². The maximum Gasteiger partial charge on any atom is 0.328 e. The van der Waals surface area contributed by atoms with Crippen LogP contribution < -0.4 is 5.69 Å². The van der Waals surface area contributed by atoms with Gasteiger partial charge in [-0.1, -0.05) is 25.1 Å². The smallest absolute Gasteiger partial charge is 0.310 e. The Hall–Kier alpha value is -2.24. The number of hydrogen-bond acceptors (Lipinski definition) is 2. The summed E-state index contributed by atoms with van der Waals surface area (Å²) in [4.78, 5) is 12.6. The second-order valence-electron chi connectivity index (χ2n) is 7.24. The first-order chi connectivity index (χ1) is 11.8. The average Bonchev–Trinajstić information content (AvgIpc) is 3.28. The number of aromatic nitrogens is 2. The lowest BCUT2D eigenvalue weighted by Crippen LogP contribution is -2.25. The molecule has 1 aromatic heterocycles. The molecule has 0 aliphatic heterocycles. The van der Waals surface area contributed by atoms with Crippen molar-refractivity contribution in [1.82, 2.24) is 9.13 Å². The number of imidazole rings is 1. The quantitative estimate of drug-likeness (QED) is 0.625. The molecule has 1 heterocycles. The summed E-state index contributed by atoms with van der Waals surface area (Å²) in [7, 11) is 1.54. The predicted molar refractivity (Wildman–Crippen MR) is 95.7 cm³/mol. The van der Waals surface area contributed by atoms with E-state index in [4.69, 9.17) is 5.41 Å². The van der Waals surface area contributed by atoms with Crippen LogP contribution >= 0.6 is 0 Å². The van der Waals surface area contributed by atoms with E-state index in [0.29, 0.717) is 18.3 Å². The first-order valence-electron chi connectivity index (χ1n) is 8.48. The molecule has 0 spiro atoms. The van der Waals surface area contributed by atoms with Gasteiger partial charge in [-0.05, 0) is 31.2 Å². The van der Waals surface area contributed by atoms with Crippen LogP contribution in [0.15, 0.2) is 29.1 Å². The SMILES string of the molecule is CC=CC(c1ccc2c(c1F)n(C)c(=O)n2CC1(C)CC1)C(F)C=N. The van der Waals surface area contributed by atoms with E-state index in [1.54, 1.807) is 29.7 Å². The van der Waals surface area contributed by atoms with Crippen molar-refractivity contribution in [2.45, 2.75) is 45.3 Å². The molecule has 4 nitrogen and oxygen atoms in total. The molecular weight excluding hydrogens is 324 g/mol. The first-order valence-corrected chi connectivity index (χ1v) is 8.48. The first kappa shape index (κ1) is 17.6. The Bertz CT molecular complexity index is 906. The van der Waals surface area contributed by atoms with Crippen LogP contribution in [0.4, 0.5) is 8.78 Å². The summed E-state index contributed by atoms with van der Waals surface area (Å²) in [6.07, 6.45) is 4.35. The van der Waals surface area contributed by atoms with Crippen LogP contribution in [0.2, 0.25) is 0 Å². The number of hydrogen-bond donors (Lipinski definition) is 1. The highest BCUT2D eigenvalue weighted by atomic mass is 19.1. The molecule has 2 aromatic rings. The van der Waals surface area contributed by atoms with E-state index in [9.17, 15) is 9.18 Å². The van der Waals surface area contributed by atoms with Gasteiger partial charge in [-0.15, -0.1) is 0 Å². The van der Waals surface area contributed by atoms with E-state index in [1.807, 2.05) is 0 Å². The molecule has 1 aliphatic rings. The van der Waals surface area contributed by atoms with Gasteiger partial charge in [0.25, 0.3) is 0 Å².